The number of nitro groups is 1. The molecule has 4 nitrogen and oxygen atoms in total. The number of hydrogen-bond acceptors (Lipinski definition) is 3. The Balaban J connectivity index is 2.42. The maximum Gasteiger partial charge on any atom is 0.311 e. The first-order chi connectivity index (χ1) is 8.97. The smallest absolute Gasteiger partial charge is 0.311 e. The Morgan fingerprint density at radius 1 is 1.11 bits per heavy atom. The standard InChI is InChI=1S/C13H9Br2NO3/c1-8-2-5-12(10(15)6-8)19-13-7-9(14)3-4-11(13)16(17)18/h2-7H,1H3. The molecule has 0 spiro atoms. The zero-order valence-electron chi connectivity index (χ0n) is 9.89. The van der Waals surface area contributed by atoms with Crippen molar-refractivity contribution in [2.75, 3.05) is 0 Å². The highest BCUT2D eigenvalue weighted by atomic mass is 79.9. The summed E-state index contributed by atoms with van der Waals surface area (Å²) in [5, 5.41) is 11.0. The molecule has 0 bridgehead atoms. The van der Waals surface area contributed by atoms with Crippen LogP contribution in [-0.4, -0.2) is 4.92 Å². The van der Waals surface area contributed by atoms with Crippen molar-refractivity contribution in [3.8, 4) is 11.5 Å². The molecule has 2 aromatic rings. The Labute approximate surface area is 126 Å². The largest absolute Gasteiger partial charge is 0.449 e. The average molecular weight is 387 g/mol. The van der Waals surface area contributed by atoms with Gasteiger partial charge in [0, 0.05) is 16.6 Å². The first-order valence-corrected chi connectivity index (χ1v) is 6.94. The molecule has 0 atom stereocenters. The molecule has 0 saturated heterocycles. The van der Waals surface area contributed by atoms with E-state index in [1.165, 1.54) is 6.07 Å². The van der Waals surface area contributed by atoms with Crippen LogP contribution in [0.4, 0.5) is 5.69 Å². The zero-order valence-corrected chi connectivity index (χ0v) is 13.1. The van der Waals surface area contributed by atoms with E-state index < -0.39 is 4.92 Å². The van der Waals surface area contributed by atoms with E-state index in [0.29, 0.717) is 5.75 Å². The van der Waals surface area contributed by atoms with Crippen molar-refractivity contribution in [2.45, 2.75) is 6.92 Å². The van der Waals surface area contributed by atoms with Gasteiger partial charge < -0.3 is 4.74 Å². The summed E-state index contributed by atoms with van der Waals surface area (Å²) in [6.07, 6.45) is 0. The van der Waals surface area contributed by atoms with Crippen molar-refractivity contribution >= 4 is 37.5 Å². The van der Waals surface area contributed by atoms with Crippen molar-refractivity contribution in [2.24, 2.45) is 0 Å². The number of rotatable bonds is 3. The van der Waals surface area contributed by atoms with Crippen LogP contribution in [0, 0.1) is 17.0 Å². The molecule has 0 aliphatic heterocycles. The van der Waals surface area contributed by atoms with Crippen LogP contribution < -0.4 is 4.74 Å². The zero-order chi connectivity index (χ0) is 14.0. The fourth-order valence-electron chi connectivity index (χ4n) is 1.53. The van der Waals surface area contributed by atoms with E-state index in [-0.39, 0.29) is 11.4 Å². The van der Waals surface area contributed by atoms with Crippen molar-refractivity contribution in [3.63, 3.8) is 0 Å². The van der Waals surface area contributed by atoms with Crippen LogP contribution >= 0.6 is 31.9 Å². The molecule has 0 heterocycles. The van der Waals surface area contributed by atoms with Crippen molar-refractivity contribution in [3.05, 3.63) is 61.0 Å². The highest BCUT2D eigenvalue weighted by molar-refractivity contribution is 9.10. The van der Waals surface area contributed by atoms with Gasteiger partial charge in [0.15, 0.2) is 0 Å². The fourth-order valence-corrected chi connectivity index (χ4v) is 2.44. The first kappa shape index (κ1) is 14.0. The minimum absolute atomic E-state index is 0.0734. The molecule has 0 radical (unpaired) electrons. The van der Waals surface area contributed by atoms with Crippen LogP contribution in [0.15, 0.2) is 45.3 Å². The summed E-state index contributed by atoms with van der Waals surface area (Å²) in [5.41, 5.74) is 0.999. The molecule has 0 amide bonds. The van der Waals surface area contributed by atoms with E-state index in [1.807, 2.05) is 19.1 Å². The maximum absolute atomic E-state index is 11.0. The molecule has 0 fully saturated rings. The summed E-state index contributed by atoms with van der Waals surface area (Å²) >= 11 is 6.65. The van der Waals surface area contributed by atoms with Gasteiger partial charge in [-0.25, -0.2) is 0 Å². The molecule has 2 aromatic carbocycles. The lowest BCUT2D eigenvalue weighted by atomic mass is 10.2. The van der Waals surface area contributed by atoms with Crippen LogP contribution in [0.3, 0.4) is 0 Å². The van der Waals surface area contributed by atoms with Gasteiger partial charge in [-0.15, -0.1) is 0 Å². The number of ether oxygens (including phenoxy) is 1. The molecule has 0 saturated carbocycles. The SMILES string of the molecule is Cc1ccc(Oc2cc(Br)ccc2[N+](=O)[O-])c(Br)c1. The number of nitro benzene ring substituents is 1. The van der Waals surface area contributed by atoms with Gasteiger partial charge in [0.1, 0.15) is 5.75 Å². The van der Waals surface area contributed by atoms with E-state index in [0.717, 1.165) is 14.5 Å². The summed E-state index contributed by atoms with van der Waals surface area (Å²) < 4.78 is 7.09. The highest BCUT2D eigenvalue weighted by Gasteiger charge is 2.17. The summed E-state index contributed by atoms with van der Waals surface area (Å²) in [5.74, 6) is 0.732. The lowest BCUT2D eigenvalue weighted by Crippen LogP contribution is -1.94. The van der Waals surface area contributed by atoms with Crippen LogP contribution in [0.1, 0.15) is 5.56 Å². The monoisotopic (exact) mass is 385 g/mol. The summed E-state index contributed by atoms with van der Waals surface area (Å²) in [6, 6.07) is 10.1. The molecular weight excluding hydrogens is 378 g/mol. The molecule has 0 N–H and O–H groups in total. The average Bonchev–Trinajstić information content (AvgIpc) is 2.32. The van der Waals surface area contributed by atoms with Gasteiger partial charge in [0.25, 0.3) is 0 Å². The Morgan fingerprint density at radius 3 is 2.47 bits per heavy atom. The van der Waals surface area contributed by atoms with Gasteiger partial charge in [0.05, 0.1) is 9.40 Å². The maximum atomic E-state index is 11.0. The number of aryl methyl sites for hydroxylation is 1. The van der Waals surface area contributed by atoms with Crippen molar-refractivity contribution in [1.82, 2.24) is 0 Å². The molecule has 0 aliphatic rings. The van der Waals surface area contributed by atoms with Crippen LogP contribution in [0.2, 0.25) is 0 Å². The van der Waals surface area contributed by atoms with Gasteiger partial charge in [-0.3, -0.25) is 10.1 Å². The predicted octanol–water partition coefficient (Wildman–Crippen LogP) is 5.22. The molecule has 0 aliphatic carbocycles. The Hall–Kier alpha value is -1.40. The van der Waals surface area contributed by atoms with E-state index in [4.69, 9.17) is 4.74 Å². The van der Waals surface area contributed by atoms with Crippen molar-refractivity contribution in [1.29, 1.82) is 0 Å². The topological polar surface area (TPSA) is 52.4 Å². The number of hydrogen-bond donors (Lipinski definition) is 0. The number of halogens is 2. The molecule has 6 heteroatoms. The van der Waals surface area contributed by atoms with Crippen LogP contribution in [-0.2, 0) is 0 Å². The molecular formula is C13H9Br2NO3. The molecule has 19 heavy (non-hydrogen) atoms. The first-order valence-electron chi connectivity index (χ1n) is 5.35. The Morgan fingerprint density at radius 2 is 1.84 bits per heavy atom. The summed E-state index contributed by atoms with van der Waals surface area (Å²) in [6.45, 7) is 1.95. The Bertz CT molecular complexity index is 644. The van der Waals surface area contributed by atoms with E-state index in [1.54, 1.807) is 18.2 Å². The van der Waals surface area contributed by atoms with Gasteiger partial charge in [0.2, 0.25) is 5.75 Å². The second kappa shape index (κ2) is 5.71. The van der Waals surface area contributed by atoms with Gasteiger partial charge in [-0.1, -0.05) is 22.0 Å². The molecule has 98 valence electrons. The molecule has 0 unspecified atom stereocenters. The Kier molecular flexibility index (Phi) is 4.21. The number of benzene rings is 2. The number of nitrogens with zero attached hydrogens (tertiary/aromatic N) is 1. The van der Waals surface area contributed by atoms with E-state index in [9.17, 15) is 10.1 Å². The summed E-state index contributed by atoms with van der Waals surface area (Å²) in [7, 11) is 0. The third kappa shape index (κ3) is 3.33. The van der Waals surface area contributed by atoms with Crippen LogP contribution in [0.5, 0.6) is 11.5 Å². The van der Waals surface area contributed by atoms with Crippen LogP contribution in [0.25, 0.3) is 0 Å². The van der Waals surface area contributed by atoms with Crippen molar-refractivity contribution < 1.29 is 9.66 Å². The third-order valence-electron chi connectivity index (χ3n) is 2.43. The normalized spacial score (nSPS) is 10.3. The summed E-state index contributed by atoms with van der Waals surface area (Å²) in [4.78, 5) is 10.5. The minimum atomic E-state index is -0.468. The predicted molar refractivity (Wildman–Crippen MR) is 79.7 cm³/mol. The minimum Gasteiger partial charge on any atom is -0.449 e. The lowest BCUT2D eigenvalue weighted by Gasteiger charge is -2.09. The highest BCUT2D eigenvalue weighted by Crippen LogP contribution is 2.36. The van der Waals surface area contributed by atoms with E-state index in [2.05, 4.69) is 31.9 Å². The van der Waals surface area contributed by atoms with Gasteiger partial charge in [-0.2, -0.15) is 0 Å². The molecule has 2 rings (SSSR count). The fraction of sp³-hybridized carbons (Fsp3) is 0.0769. The second-order valence-electron chi connectivity index (χ2n) is 3.91. The van der Waals surface area contributed by atoms with Gasteiger partial charge >= 0.3 is 5.69 Å². The lowest BCUT2D eigenvalue weighted by molar-refractivity contribution is -0.385. The van der Waals surface area contributed by atoms with Gasteiger partial charge in [-0.05, 0) is 46.6 Å². The van der Waals surface area contributed by atoms with E-state index >= 15 is 0 Å². The molecule has 0 aromatic heterocycles. The second-order valence-corrected chi connectivity index (χ2v) is 5.68. The third-order valence-corrected chi connectivity index (χ3v) is 3.54. The quantitative estimate of drug-likeness (QED) is 0.536.